The van der Waals surface area contributed by atoms with Gasteiger partial charge in [0.2, 0.25) is 5.91 Å². The number of aryl methyl sites for hydroxylation is 1. The molecule has 0 radical (unpaired) electrons. The van der Waals surface area contributed by atoms with Gasteiger partial charge in [-0.1, -0.05) is 31.4 Å². The number of benzene rings is 1. The maximum Gasteiger partial charge on any atom is 0.217 e. The van der Waals surface area contributed by atoms with E-state index >= 15 is 0 Å². The summed E-state index contributed by atoms with van der Waals surface area (Å²) in [5, 5.41) is 24.3. The average molecular weight is 345 g/mol. The van der Waals surface area contributed by atoms with Crippen LogP contribution in [0.1, 0.15) is 81.9 Å². The molecule has 0 aromatic heterocycles. The van der Waals surface area contributed by atoms with Crippen molar-refractivity contribution in [3.63, 3.8) is 0 Å². The topological polar surface area (TPSA) is 69.6 Å². The molecule has 4 nitrogen and oxygen atoms in total. The van der Waals surface area contributed by atoms with Gasteiger partial charge in [0.1, 0.15) is 11.5 Å². The molecule has 1 amide bonds. The van der Waals surface area contributed by atoms with E-state index in [4.69, 9.17) is 0 Å². The van der Waals surface area contributed by atoms with E-state index in [-0.39, 0.29) is 23.3 Å². The van der Waals surface area contributed by atoms with Gasteiger partial charge in [-0.05, 0) is 50.7 Å². The molecule has 0 fully saturated rings. The highest BCUT2D eigenvalue weighted by Gasteiger charge is 2.24. The van der Waals surface area contributed by atoms with Crippen molar-refractivity contribution in [3.8, 4) is 11.5 Å². The number of nitrogens with one attached hydrogen (secondary N) is 1. The Kier molecular flexibility index (Phi) is 6.91. The number of carbonyl (C=O) groups excluding carboxylic acids is 1. The van der Waals surface area contributed by atoms with Gasteiger partial charge in [-0.25, -0.2) is 0 Å². The Balaban J connectivity index is 2.41. The molecule has 1 aromatic rings. The van der Waals surface area contributed by atoms with Crippen molar-refractivity contribution < 1.29 is 15.0 Å². The molecule has 2 rings (SSSR count). The van der Waals surface area contributed by atoms with Crippen molar-refractivity contribution in [2.75, 3.05) is 0 Å². The number of allylic oxidation sites excluding steroid dienone is 2. The summed E-state index contributed by atoms with van der Waals surface area (Å²) in [5.74, 6) is 0.235. The molecule has 0 bridgehead atoms. The third-order valence-corrected chi connectivity index (χ3v) is 5.02. The first-order chi connectivity index (χ1) is 11.9. The third kappa shape index (κ3) is 5.00. The average Bonchev–Trinajstić information content (AvgIpc) is 2.54. The van der Waals surface area contributed by atoms with E-state index in [1.807, 2.05) is 0 Å². The Labute approximate surface area is 151 Å². The molecular weight excluding hydrogens is 314 g/mol. The van der Waals surface area contributed by atoms with Gasteiger partial charge in [0, 0.05) is 30.5 Å². The van der Waals surface area contributed by atoms with Crippen LogP contribution in [0.25, 0.3) is 0 Å². The Morgan fingerprint density at radius 2 is 2.08 bits per heavy atom. The number of amides is 1. The largest absolute Gasteiger partial charge is 0.507 e. The van der Waals surface area contributed by atoms with Crippen LogP contribution < -0.4 is 5.32 Å². The third-order valence-electron chi connectivity index (χ3n) is 5.02. The first-order valence-electron chi connectivity index (χ1n) is 9.42. The highest BCUT2D eigenvalue weighted by Crippen LogP contribution is 2.43. The molecule has 0 spiro atoms. The lowest BCUT2D eigenvalue weighted by Crippen LogP contribution is -2.20. The predicted octanol–water partition coefficient (Wildman–Crippen LogP) is 4.68. The van der Waals surface area contributed by atoms with Gasteiger partial charge >= 0.3 is 0 Å². The summed E-state index contributed by atoms with van der Waals surface area (Å²) < 4.78 is 0. The molecule has 3 N–H and O–H groups in total. The normalized spacial score (nSPS) is 17.2. The van der Waals surface area contributed by atoms with Crippen LogP contribution in [0.5, 0.6) is 11.5 Å². The fourth-order valence-electron chi connectivity index (χ4n) is 3.67. The number of hydrogen-bond acceptors (Lipinski definition) is 3. The maximum absolute atomic E-state index is 11.3. The van der Waals surface area contributed by atoms with Crippen LogP contribution in [0.15, 0.2) is 17.7 Å². The molecule has 25 heavy (non-hydrogen) atoms. The summed E-state index contributed by atoms with van der Waals surface area (Å²) in [6.07, 6.45) is 9.23. The molecule has 0 saturated carbocycles. The summed E-state index contributed by atoms with van der Waals surface area (Å²) in [6.45, 7) is 6.01. The van der Waals surface area contributed by atoms with Crippen molar-refractivity contribution in [1.29, 1.82) is 0 Å². The molecular formula is C21H31NO3. The fourth-order valence-corrected chi connectivity index (χ4v) is 3.67. The molecule has 1 unspecified atom stereocenters. The zero-order chi connectivity index (χ0) is 18.4. The van der Waals surface area contributed by atoms with Crippen LogP contribution in [-0.2, 0) is 17.8 Å². The number of rotatable bonds is 7. The first kappa shape index (κ1) is 19.4. The van der Waals surface area contributed by atoms with Crippen LogP contribution in [0, 0.1) is 0 Å². The molecule has 0 heterocycles. The van der Waals surface area contributed by atoms with Gasteiger partial charge in [0.05, 0.1) is 0 Å². The fraction of sp³-hybridized carbons (Fsp3) is 0.571. The van der Waals surface area contributed by atoms with Crippen molar-refractivity contribution in [2.24, 2.45) is 0 Å². The Bertz CT molecular complexity index is 649. The predicted molar refractivity (Wildman–Crippen MR) is 101 cm³/mol. The molecule has 0 aliphatic heterocycles. The summed E-state index contributed by atoms with van der Waals surface area (Å²) in [7, 11) is 0. The Morgan fingerprint density at radius 1 is 1.32 bits per heavy atom. The molecule has 1 aliphatic rings. The zero-order valence-electron chi connectivity index (χ0n) is 15.7. The number of phenolic OH excluding ortho intramolecular Hbond substituents is 2. The SMILES string of the molecule is CCCCCc1cc(O)c(C2C=C(C)CCC2)c(O)c1CNC(C)=O. The van der Waals surface area contributed by atoms with Gasteiger partial charge in [0.15, 0.2) is 0 Å². The zero-order valence-corrected chi connectivity index (χ0v) is 15.7. The van der Waals surface area contributed by atoms with E-state index < -0.39 is 0 Å². The van der Waals surface area contributed by atoms with Crippen molar-refractivity contribution >= 4 is 5.91 Å². The van der Waals surface area contributed by atoms with Gasteiger partial charge in [-0.2, -0.15) is 0 Å². The molecule has 138 valence electrons. The highest BCUT2D eigenvalue weighted by molar-refractivity contribution is 5.73. The van der Waals surface area contributed by atoms with Gasteiger partial charge < -0.3 is 15.5 Å². The molecule has 1 aliphatic carbocycles. The van der Waals surface area contributed by atoms with E-state index in [0.717, 1.165) is 56.1 Å². The van der Waals surface area contributed by atoms with Crippen molar-refractivity contribution in [2.45, 2.75) is 78.2 Å². The lowest BCUT2D eigenvalue weighted by atomic mass is 9.83. The van der Waals surface area contributed by atoms with E-state index in [9.17, 15) is 15.0 Å². The molecule has 1 aromatic carbocycles. The van der Waals surface area contributed by atoms with E-state index in [1.54, 1.807) is 6.07 Å². The molecule has 4 heteroatoms. The lowest BCUT2D eigenvalue weighted by molar-refractivity contribution is -0.119. The van der Waals surface area contributed by atoms with Crippen LogP contribution in [0.3, 0.4) is 0 Å². The summed E-state index contributed by atoms with van der Waals surface area (Å²) >= 11 is 0. The second-order valence-corrected chi connectivity index (χ2v) is 7.17. The minimum atomic E-state index is -0.123. The number of aromatic hydroxyl groups is 2. The standard InChI is InChI=1S/C21H31NO3/c1-4-5-6-9-16-12-19(24)20(17-10-7-8-14(2)11-17)21(25)18(16)13-22-15(3)23/h11-12,17,24-25H,4-10,13H2,1-3H3,(H,22,23). The summed E-state index contributed by atoms with van der Waals surface area (Å²) in [5.41, 5.74) is 3.58. The molecule has 1 atom stereocenters. The highest BCUT2D eigenvalue weighted by atomic mass is 16.3. The monoisotopic (exact) mass is 345 g/mol. The van der Waals surface area contributed by atoms with E-state index in [1.165, 1.54) is 12.5 Å². The Morgan fingerprint density at radius 3 is 2.72 bits per heavy atom. The molecule has 0 saturated heterocycles. The number of hydrogen-bond donors (Lipinski definition) is 3. The van der Waals surface area contributed by atoms with Crippen LogP contribution in [0.4, 0.5) is 0 Å². The minimum absolute atomic E-state index is 0.0366. The van der Waals surface area contributed by atoms with Gasteiger partial charge in [-0.15, -0.1) is 0 Å². The summed E-state index contributed by atoms with van der Waals surface area (Å²) in [6, 6.07) is 1.79. The van der Waals surface area contributed by atoms with E-state index in [2.05, 4.69) is 25.2 Å². The lowest BCUT2D eigenvalue weighted by Gasteiger charge is -2.24. The van der Waals surface area contributed by atoms with E-state index in [0.29, 0.717) is 12.1 Å². The maximum atomic E-state index is 11.3. The summed E-state index contributed by atoms with van der Waals surface area (Å²) in [4.78, 5) is 11.3. The quantitative estimate of drug-likeness (QED) is 0.496. The van der Waals surface area contributed by atoms with Crippen LogP contribution >= 0.6 is 0 Å². The van der Waals surface area contributed by atoms with Gasteiger partial charge in [-0.3, -0.25) is 4.79 Å². The van der Waals surface area contributed by atoms with Crippen LogP contribution in [-0.4, -0.2) is 16.1 Å². The second kappa shape index (κ2) is 8.93. The first-order valence-corrected chi connectivity index (χ1v) is 9.42. The number of unbranched alkanes of at least 4 members (excludes halogenated alkanes) is 2. The smallest absolute Gasteiger partial charge is 0.217 e. The van der Waals surface area contributed by atoms with Crippen LogP contribution in [0.2, 0.25) is 0 Å². The minimum Gasteiger partial charge on any atom is -0.507 e. The number of carbonyl (C=O) groups is 1. The van der Waals surface area contributed by atoms with Crippen molar-refractivity contribution in [3.05, 3.63) is 34.4 Å². The number of phenols is 2. The second-order valence-electron chi connectivity index (χ2n) is 7.17. The van der Waals surface area contributed by atoms with Gasteiger partial charge in [0.25, 0.3) is 0 Å². The Hall–Kier alpha value is -1.97. The van der Waals surface area contributed by atoms with Crippen molar-refractivity contribution in [1.82, 2.24) is 5.32 Å².